The van der Waals surface area contributed by atoms with Crippen LogP contribution in [0.4, 0.5) is 22.9 Å². The van der Waals surface area contributed by atoms with Crippen LogP contribution in [0, 0.1) is 20.8 Å². The van der Waals surface area contributed by atoms with E-state index in [1.165, 1.54) is 0 Å². The third-order valence-electron chi connectivity index (χ3n) is 7.80. The molecule has 0 bridgehead atoms. The molecule has 8 heteroatoms. The molecule has 7 rings (SSSR count). The first-order valence-corrected chi connectivity index (χ1v) is 13.8. The Bertz CT molecular complexity index is 1910. The Balaban J connectivity index is 1.51. The summed E-state index contributed by atoms with van der Waals surface area (Å²) in [5.41, 5.74) is 8.66. The number of para-hydroxylation sites is 3. The van der Waals surface area contributed by atoms with E-state index in [2.05, 4.69) is 48.3 Å². The van der Waals surface area contributed by atoms with Gasteiger partial charge in [0.15, 0.2) is 29.0 Å². The van der Waals surface area contributed by atoms with E-state index in [0.717, 1.165) is 56.5 Å². The van der Waals surface area contributed by atoms with Crippen molar-refractivity contribution in [2.75, 3.05) is 17.3 Å². The topological polar surface area (TPSA) is 87.3 Å². The lowest BCUT2D eigenvalue weighted by Crippen LogP contribution is -2.46. The molecule has 0 radical (unpaired) electrons. The smallest absolute Gasteiger partial charge is 0.179 e. The summed E-state index contributed by atoms with van der Waals surface area (Å²) in [6.07, 6.45) is 0. The molecule has 1 aromatic heterocycles. The number of aromatic nitrogens is 2. The molecule has 3 heterocycles. The maximum Gasteiger partial charge on any atom is 0.179 e. The van der Waals surface area contributed by atoms with Gasteiger partial charge in [-0.05, 0) is 79.9 Å². The predicted molar refractivity (Wildman–Crippen MR) is 167 cm³/mol. The maximum atomic E-state index is 10.5. The number of anilines is 2. The lowest BCUT2D eigenvalue weighted by atomic mass is 9.93. The minimum absolute atomic E-state index is 0.0840. The van der Waals surface area contributed by atoms with Crippen molar-refractivity contribution in [3.63, 3.8) is 0 Å². The molecule has 0 fully saturated rings. The number of rotatable bonds is 4. The number of hydrogen-bond acceptors (Lipinski definition) is 7. The average Bonchev–Trinajstić information content (AvgIpc) is 3.34. The summed E-state index contributed by atoms with van der Waals surface area (Å²) in [5.74, 6) is 2.54. The largest absolute Gasteiger partial charge is 0.504 e. The average molecular weight is 555 g/mol. The van der Waals surface area contributed by atoms with Gasteiger partial charge in [-0.25, -0.2) is 14.7 Å². The van der Waals surface area contributed by atoms with E-state index in [1.807, 2.05) is 72.3 Å². The summed E-state index contributed by atoms with van der Waals surface area (Å²) in [6, 6.07) is 29.6. The summed E-state index contributed by atoms with van der Waals surface area (Å²) in [5, 5.41) is 19.1. The zero-order valence-corrected chi connectivity index (χ0v) is 23.8. The van der Waals surface area contributed by atoms with E-state index in [9.17, 15) is 5.11 Å². The summed E-state index contributed by atoms with van der Waals surface area (Å²) in [6.45, 7) is 6.17. The number of phenols is 1. The summed E-state index contributed by atoms with van der Waals surface area (Å²) >= 11 is 0. The van der Waals surface area contributed by atoms with E-state index in [4.69, 9.17) is 19.8 Å². The SMILES string of the molecule is COc1cc(C2c3c(C)nn(-c4ccccc4)c3N=C3C(Nc4cc(C)ccc4C)=Nc4ccccc4N32)ccc1O. The Kier molecular flexibility index (Phi) is 6.04. The Labute approximate surface area is 244 Å². The maximum absolute atomic E-state index is 10.5. The molecule has 208 valence electrons. The van der Waals surface area contributed by atoms with Crippen molar-refractivity contribution in [1.29, 1.82) is 0 Å². The van der Waals surface area contributed by atoms with E-state index in [1.54, 1.807) is 13.2 Å². The van der Waals surface area contributed by atoms with Gasteiger partial charge in [0.05, 0.1) is 35.9 Å². The molecular formula is C34H30N6O2. The van der Waals surface area contributed by atoms with Crippen molar-refractivity contribution in [1.82, 2.24) is 9.78 Å². The zero-order chi connectivity index (χ0) is 29.0. The van der Waals surface area contributed by atoms with Gasteiger partial charge in [0, 0.05) is 11.3 Å². The van der Waals surface area contributed by atoms with Crippen LogP contribution in [-0.2, 0) is 0 Å². The lowest BCUT2D eigenvalue weighted by molar-refractivity contribution is 0.372. The molecule has 5 aromatic rings. The molecule has 1 unspecified atom stereocenters. The minimum atomic E-state index is -0.327. The molecule has 2 N–H and O–H groups in total. The first-order valence-electron chi connectivity index (χ1n) is 13.8. The summed E-state index contributed by atoms with van der Waals surface area (Å²) in [7, 11) is 1.56. The van der Waals surface area contributed by atoms with Crippen molar-refractivity contribution in [3.8, 4) is 17.2 Å². The highest BCUT2D eigenvalue weighted by Crippen LogP contribution is 2.49. The van der Waals surface area contributed by atoms with Crippen LogP contribution < -0.4 is 15.0 Å². The molecule has 0 spiro atoms. The van der Waals surface area contributed by atoms with Gasteiger partial charge in [0.25, 0.3) is 0 Å². The minimum Gasteiger partial charge on any atom is -0.504 e. The number of benzene rings is 4. The molecule has 42 heavy (non-hydrogen) atoms. The first kappa shape index (κ1) is 25.6. The summed E-state index contributed by atoms with van der Waals surface area (Å²) in [4.78, 5) is 12.6. The Hall–Kier alpha value is -5.37. The fourth-order valence-electron chi connectivity index (χ4n) is 5.72. The van der Waals surface area contributed by atoms with Crippen LogP contribution >= 0.6 is 0 Å². The van der Waals surface area contributed by atoms with Crippen LogP contribution in [0.25, 0.3) is 5.69 Å². The van der Waals surface area contributed by atoms with Gasteiger partial charge in [-0.15, -0.1) is 0 Å². The second kappa shape index (κ2) is 9.92. The number of aryl methyl sites for hydroxylation is 3. The van der Waals surface area contributed by atoms with Crippen LogP contribution in [0.2, 0.25) is 0 Å². The molecule has 2 aliphatic rings. The number of amidine groups is 2. The van der Waals surface area contributed by atoms with Crippen LogP contribution in [0.15, 0.2) is 101 Å². The number of nitrogens with one attached hydrogen (secondary N) is 1. The van der Waals surface area contributed by atoms with Gasteiger partial charge in [-0.3, -0.25) is 0 Å². The van der Waals surface area contributed by atoms with Gasteiger partial charge in [0.2, 0.25) is 0 Å². The highest BCUT2D eigenvalue weighted by atomic mass is 16.5. The van der Waals surface area contributed by atoms with Crippen LogP contribution in [0.3, 0.4) is 0 Å². The molecule has 1 atom stereocenters. The molecule has 0 amide bonds. The highest BCUT2D eigenvalue weighted by Gasteiger charge is 2.41. The second-order valence-corrected chi connectivity index (χ2v) is 10.6. The van der Waals surface area contributed by atoms with Crippen molar-refractivity contribution in [3.05, 3.63) is 119 Å². The van der Waals surface area contributed by atoms with Crippen LogP contribution in [0.1, 0.15) is 34.0 Å². The lowest BCUT2D eigenvalue weighted by Gasteiger charge is -2.40. The van der Waals surface area contributed by atoms with E-state index < -0.39 is 0 Å². The Morgan fingerprint density at radius 1 is 0.857 bits per heavy atom. The predicted octanol–water partition coefficient (Wildman–Crippen LogP) is 7.31. The number of aliphatic imine (C=N–C) groups is 2. The van der Waals surface area contributed by atoms with Crippen molar-refractivity contribution in [2.24, 2.45) is 9.98 Å². The Morgan fingerprint density at radius 2 is 1.64 bits per heavy atom. The number of aromatic hydroxyl groups is 1. The van der Waals surface area contributed by atoms with E-state index in [-0.39, 0.29) is 11.8 Å². The van der Waals surface area contributed by atoms with E-state index >= 15 is 0 Å². The van der Waals surface area contributed by atoms with Gasteiger partial charge in [-0.1, -0.05) is 48.5 Å². The fourth-order valence-corrected chi connectivity index (χ4v) is 5.72. The quantitative estimate of drug-likeness (QED) is 0.243. The fraction of sp³-hybridized carbons (Fsp3) is 0.147. The van der Waals surface area contributed by atoms with Gasteiger partial charge in [0.1, 0.15) is 0 Å². The third kappa shape index (κ3) is 4.11. The van der Waals surface area contributed by atoms with Crippen molar-refractivity contribution < 1.29 is 9.84 Å². The molecule has 2 aliphatic heterocycles. The number of nitrogens with zero attached hydrogens (tertiary/aromatic N) is 5. The Morgan fingerprint density at radius 3 is 2.45 bits per heavy atom. The molecule has 8 nitrogen and oxygen atoms in total. The second-order valence-electron chi connectivity index (χ2n) is 10.6. The number of fused-ring (bicyclic) bond motifs is 4. The highest BCUT2D eigenvalue weighted by molar-refractivity contribution is 6.51. The van der Waals surface area contributed by atoms with Gasteiger partial charge < -0.3 is 20.1 Å². The van der Waals surface area contributed by atoms with Gasteiger partial charge >= 0.3 is 0 Å². The van der Waals surface area contributed by atoms with Crippen LogP contribution in [0.5, 0.6) is 11.5 Å². The van der Waals surface area contributed by atoms with Crippen molar-refractivity contribution >= 4 is 34.6 Å². The monoisotopic (exact) mass is 554 g/mol. The molecule has 0 aliphatic carbocycles. The van der Waals surface area contributed by atoms with Gasteiger partial charge in [-0.2, -0.15) is 5.10 Å². The summed E-state index contributed by atoms with van der Waals surface area (Å²) < 4.78 is 7.44. The molecule has 0 saturated heterocycles. The van der Waals surface area contributed by atoms with Crippen molar-refractivity contribution in [2.45, 2.75) is 26.8 Å². The molecular weight excluding hydrogens is 524 g/mol. The first-order chi connectivity index (χ1) is 20.4. The zero-order valence-electron chi connectivity index (χ0n) is 23.8. The normalized spacial score (nSPS) is 15.2. The molecule has 4 aromatic carbocycles. The van der Waals surface area contributed by atoms with Crippen LogP contribution in [-0.4, -0.2) is 33.7 Å². The third-order valence-corrected chi connectivity index (χ3v) is 7.80. The molecule has 0 saturated carbocycles. The van der Waals surface area contributed by atoms with E-state index in [0.29, 0.717) is 17.4 Å². The number of hydrogen-bond donors (Lipinski definition) is 2. The number of phenolic OH excluding ortho intramolecular Hbond substituents is 1. The standard InChI is InChI=1S/C34H30N6O2/c1-20-14-15-21(2)26(18-20)36-32-34-37-33-30(22(3)38-40(33)24-10-6-5-7-11-24)31(23-16-17-28(41)29(19-23)42-4)39(34)27-13-9-8-12-25(27)35-32/h5-19,31,41H,1-4H3,(H,35,36). The number of methoxy groups -OCH3 is 1. The number of ether oxygens (including phenoxy) is 1.